The largest absolute Gasteiger partial charge is 0.325 e. The van der Waals surface area contributed by atoms with Gasteiger partial charge in [-0.25, -0.2) is 4.79 Å². The molecule has 0 saturated carbocycles. The highest BCUT2D eigenvalue weighted by molar-refractivity contribution is 9.10. The van der Waals surface area contributed by atoms with Gasteiger partial charge in [0.25, 0.3) is 5.91 Å². The van der Waals surface area contributed by atoms with Crippen molar-refractivity contribution < 1.29 is 14.4 Å². The molecule has 28 heavy (non-hydrogen) atoms. The number of anilines is 1. The highest BCUT2D eigenvalue weighted by Crippen LogP contribution is 2.32. The summed E-state index contributed by atoms with van der Waals surface area (Å²) >= 11 is 3.34. The number of halogens is 1. The third kappa shape index (κ3) is 3.30. The van der Waals surface area contributed by atoms with Crippen LogP contribution in [0.2, 0.25) is 0 Å². The lowest BCUT2D eigenvalue weighted by molar-refractivity contribution is -0.133. The van der Waals surface area contributed by atoms with E-state index < -0.39 is 23.4 Å². The smallest absolute Gasteiger partial charge is 0.324 e. The molecule has 0 bridgehead atoms. The molecule has 1 fully saturated rings. The molecule has 6 nitrogen and oxygen atoms in total. The van der Waals surface area contributed by atoms with Crippen molar-refractivity contribution in [1.29, 1.82) is 0 Å². The Kier molecular flexibility index (Phi) is 4.71. The summed E-state index contributed by atoms with van der Waals surface area (Å²) in [5, 5.41) is 5.47. The summed E-state index contributed by atoms with van der Waals surface area (Å²) in [5.41, 5.74) is 2.71. The summed E-state index contributed by atoms with van der Waals surface area (Å²) in [6.07, 6.45) is 3.15. The molecule has 144 valence electrons. The van der Waals surface area contributed by atoms with Gasteiger partial charge < -0.3 is 10.6 Å². The normalized spacial score (nSPS) is 20.9. The van der Waals surface area contributed by atoms with E-state index in [1.54, 1.807) is 25.1 Å². The first-order valence-electron chi connectivity index (χ1n) is 9.18. The van der Waals surface area contributed by atoms with Gasteiger partial charge in [0.2, 0.25) is 5.91 Å². The summed E-state index contributed by atoms with van der Waals surface area (Å²) in [6, 6.07) is 12.5. The van der Waals surface area contributed by atoms with E-state index in [9.17, 15) is 14.4 Å². The fourth-order valence-corrected chi connectivity index (χ4v) is 4.23. The highest BCUT2D eigenvalue weighted by Gasteiger charge is 2.49. The summed E-state index contributed by atoms with van der Waals surface area (Å²) in [4.78, 5) is 38.8. The molecule has 1 aliphatic carbocycles. The second kappa shape index (κ2) is 7.05. The Balaban J connectivity index is 1.51. The van der Waals surface area contributed by atoms with Gasteiger partial charge in [0.05, 0.1) is 0 Å². The molecule has 0 aromatic heterocycles. The molecule has 4 rings (SSSR count). The number of hydrogen-bond donors (Lipinski definition) is 2. The van der Waals surface area contributed by atoms with Crippen LogP contribution in [0.4, 0.5) is 10.5 Å². The van der Waals surface area contributed by atoms with Crippen LogP contribution < -0.4 is 10.6 Å². The van der Waals surface area contributed by atoms with Gasteiger partial charge in [-0.2, -0.15) is 0 Å². The molecule has 1 aliphatic heterocycles. The zero-order valence-electron chi connectivity index (χ0n) is 15.4. The van der Waals surface area contributed by atoms with Crippen molar-refractivity contribution in [3.63, 3.8) is 0 Å². The van der Waals surface area contributed by atoms with Crippen LogP contribution in [0.3, 0.4) is 0 Å². The lowest BCUT2D eigenvalue weighted by atomic mass is 9.89. The van der Waals surface area contributed by atoms with Gasteiger partial charge >= 0.3 is 6.03 Å². The first-order valence-corrected chi connectivity index (χ1v) is 9.98. The van der Waals surface area contributed by atoms with E-state index in [0.717, 1.165) is 34.2 Å². The van der Waals surface area contributed by atoms with Gasteiger partial charge in [0, 0.05) is 10.2 Å². The zero-order valence-corrected chi connectivity index (χ0v) is 17.0. The molecule has 7 heteroatoms. The lowest BCUT2D eigenvalue weighted by Gasteiger charge is -2.23. The molecule has 1 heterocycles. The van der Waals surface area contributed by atoms with E-state index in [4.69, 9.17) is 0 Å². The van der Waals surface area contributed by atoms with Crippen molar-refractivity contribution in [3.8, 4) is 0 Å². The average Bonchev–Trinajstić information content (AvgIpc) is 3.20. The van der Waals surface area contributed by atoms with Crippen molar-refractivity contribution >= 4 is 39.5 Å². The Morgan fingerprint density at radius 1 is 1.18 bits per heavy atom. The minimum atomic E-state index is -1.16. The third-order valence-electron chi connectivity index (χ3n) is 5.36. The maximum atomic E-state index is 13.0. The maximum Gasteiger partial charge on any atom is 0.325 e. The molecule has 0 radical (unpaired) electrons. The average molecular weight is 442 g/mol. The van der Waals surface area contributed by atoms with E-state index >= 15 is 0 Å². The number of amides is 4. The van der Waals surface area contributed by atoms with E-state index in [2.05, 4.69) is 26.6 Å². The molecule has 0 spiro atoms. The number of fused-ring (bicyclic) bond motifs is 1. The molecule has 2 aliphatic rings. The number of urea groups is 1. The van der Waals surface area contributed by atoms with Crippen LogP contribution >= 0.6 is 15.9 Å². The van der Waals surface area contributed by atoms with Crippen LogP contribution in [0.15, 0.2) is 46.9 Å². The van der Waals surface area contributed by atoms with Crippen molar-refractivity contribution in [2.75, 3.05) is 11.9 Å². The summed E-state index contributed by atoms with van der Waals surface area (Å²) in [7, 11) is 0. The van der Waals surface area contributed by atoms with Crippen LogP contribution in [-0.4, -0.2) is 29.3 Å². The topological polar surface area (TPSA) is 78.5 Å². The van der Waals surface area contributed by atoms with Gasteiger partial charge in [-0.3, -0.25) is 14.5 Å². The minimum absolute atomic E-state index is 0.336. The van der Waals surface area contributed by atoms with Crippen molar-refractivity contribution in [3.05, 3.63) is 63.6 Å². The number of aryl methyl sites for hydroxylation is 2. The Labute approximate surface area is 171 Å². The van der Waals surface area contributed by atoms with Crippen LogP contribution in [0.1, 0.15) is 30.0 Å². The van der Waals surface area contributed by atoms with Gasteiger partial charge in [0.1, 0.15) is 12.1 Å². The Hall–Kier alpha value is -2.67. The number of imide groups is 1. The molecular weight excluding hydrogens is 422 g/mol. The van der Waals surface area contributed by atoms with E-state index in [1.165, 1.54) is 11.1 Å². The van der Waals surface area contributed by atoms with Gasteiger partial charge in [0.15, 0.2) is 0 Å². The lowest BCUT2D eigenvalue weighted by Crippen LogP contribution is -2.42. The van der Waals surface area contributed by atoms with Crippen molar-refractivity contribution in [2.45, 2.75) is 31.7 Å². The first-order chi connectivity index (χ1) is 13.4. The molecule has 1 unspecified atom stereocenters. The Morgan fingerprint density at radius 3 is 2.75 bits per heavy atom. The molecule has 1 atom stereocenters. The predicted molar refractivity (Wildman–Crippen MR) is 109 cm³/mol. The van der Waals surface area contributed by atoms with Crippen molar-refractivity contribution in [2.24, 2.45) is 0 Å². The van der Waals surface area contributed by atoms with Crippen molar-refractivity contribution in [1.82, 2.24) is 10.2 Å². The second-order valence-electron chi connectivity index (χ2n) is 7.34. The number of carbonyl (C=O) groups is 3. The molecule has 4 amide bonds. The highest BCUT2D eigenvalue weighted by atomic mass is 79.9. The standard InChI is InChI=1S/C21H20BrN3O3/c1-21(15-9-8-13-4-2-5-14(13)10-15)19(27)25(20(28)24-21)12-18(26)23-17-7-3-6-16(22)11-17/h3,6-11H,2,4-5,12H2,1H3,(H,23,26)(H,24,28). The summed E-state index contributed by atoms with van der Waals surface area (Å²) in [6.45, 7) is 1.35. The molecular formula is C21H20BrN3O3. The summed E-state index contributed by atoms with van der Waals surface area (Å²) in [5.74, 6) is -0.848. The van der Waals surface area contributed by atoms with E-state index in [-0.39, 0.29) is 6.54 Å². The monoisotopic (exact) mass is 441 g/mol. The molecule has 2 aromatic rings. The fraction of sp³-hybridized carbons (Fsp3) is 0.286. The van der Waals surface area contributed by atoms with Crippen LogP contribution in [0.25, 0.3) is 0 Å². The molecule has 1 saturated heterocycles. The zero-order chi connectivity index (χ0) is 19.9. The third-order valence-corrected chi connectivity index (χ3v) is 5.85. The van der Waals surface area contributed by atoms with E-state index in [0.29, 0.717) is 5.69 Å². The number of carbonyl (C=O) groups excluding carboxylic acids is 3. The quantitative estimate of drug-likeness (QED) is 0.714. The summed E-state index contributed by atoms with van der Waals surface area (Å²) < 4.78 is 0.824. The fourth-order valence-electron chi connectivity index (χ4n) is 3.83. The Bertz CT molecular complexity index is 991. The van der Waals surface area contributed by atoms with Crippen LogP contribution in [-0.2, 0) is 28.0 Å². The minimum Gasteiger partial charge on any atom is -0.324 e. The Morgan fingerprint density at radius 2 is 1.96 bits per heavy atom. The van der Waals surface area contributed by atoms with Gasteiger partial charge in [-0.05, 0) is 61.1 Å². The predicted octanol–water partition coefficient (Wildman–Crippen LogP) is 3.34. The number of benzene rings is 2. The van der Waals surface area contributed by atoms with Crippen LogP contribution in [0.5, 0.6) is 0 Å². The molecule has 2 N–H and O–H groups in total. The number of hydrogen-bond acceptors (Lipinski definition) is 3. The SMILES string of the molecule is CC1(c2ccc3c(c2)CCC3)NC(=O)N(CC(=O)Nc2cccc(Br)c2)C1=O. The van der Waals surface area contributed by atoms with Gasteiger partial charge in [-0.15, -0.1) is 0 Å². The molecule has 2 aromatic carbocycles. The number of nitrogens with zero attached hydrogens (tertiary/aromatic N) is 1. The van der Waals surface area contributed by atoms with Crippen LogP contribution in [0, 0.1) is 0 Å². The first kappa shape index (κ1) is 18.7. The number of rotatable bonds is 4. The second-order valence-corrected chi connectivity index (χ2v) is 8.26. The van der Waals surface area contributed by atoms with E-state index in [1.807, 2.05) is 24.3 Å². The van der Waals surface area contributed by atoms with Gasteiger partial charge in [-0.1, -0.05) is 40.2 Å². The number of nitrogens with one attached hydrogen (secondary N) is 2. The maximum absolute atomic E-state index is 13.0.